The minimum atomic E-state index is -0.467. The smallest absolute Gasteiger partial charge is 0.252 e. The first kappa shape index (κ1) is 17.7. The predicted octanol–water partition coefficient (Wildman–Crippen LogP) is 3.40. The molecule has 0 spiro atoms. The molecule has 3 fully saturated rings. The molecule has 0 radical (unpaired) electrons. The van der Waals surface area contributed by atoms with Gasteiger partial charge in [0, 0.05) is 29.5 Å². The zero-order valence-electron chi connectivity index (χ0n) is 15.7. The van der Waals surface area contributed by atoms with Gasteiger partial charge < -0.3 is 15.2 Å². The minimum Gasteiger partial charge on any atom is -0.361 e. The Labute approximate surface area is 169 Å². The molecular weight excluding hydrogens is 372 g/mol. The van der Waals surface area contributed by atoms with Gasteiger partial charge in [-0.3, -0.25) is 14.5 Å². The van der Waals surface area contributed by atoms with Crippen molar-refractivity contribution in [1.82, 2.24) is 14.8 Å². The van der Waals surface area contributed by atoms with Crippen LogP contribution in [0.15, 0.2) is 30.5 Å². The van der Waals surface area contributed by atoms with Crippen LogP contribution in [0.2, 0.25) is 0 Å². The van der Waals surface area contributed by atoms with Crippen molar-refractivity contribution in [2.24, 2.45) is 0 Å². The molecular formula is C21H24N4O2S. The van der Waals surface area contributed by atoms with Gasteiger partial charge in [0.2, 0.25) is 5.91 Å². The third-order valence-electron chi connectivity index (χ3n) is 6.13. The molecule has 5 rings (SSSR count). The Morgan fingerprint density at radius 3 is 2.68 bits per heavy atom. The number of aromatic nitrogens is 1. The van der Waals surface area contributed by atoms with Gasteiger partial charge in [-0.15, -0.1) is 0 Å². The summed E-state index contributed by atoms with van der Waals surface area (Å²) in [6.45, 7) is 0. The molecule has 28 heavy (non-hydrogen) atoms. The lowest BCUT2D eigenvalue weighted by Crippen LogP contribution is -2.43. The largest absolute Gasteiger partial charge is 0.361 e. The van der Waals surface area contributed by atoms with Crippen molar-refractivity contribution in [3.05, 3.63) is 30.5 Å². The summed E-state index contributed by atoms with van der Waals surface area (Å²) < 4.78 is 0. The molecule has 0 bridgehead atoms. The van der Waals surface area contributed by atoms with Gasteiger partial charge >= 0.3 is 0 Å². The van der Waals surface area contributed by atoms with Crippen molar-refractivity contribution < 1.29 is 9.59 Å². The maximum atomic E-state index is 13.1. The maximum absolute atomic E-state index is 13.1. The third-order valence-corrected chi connectivity index (χ3v) is 6.54. The average molecular weight is 397 g/mol. The van der Waals surface area contributed by atoms with Gasteiger partial charge in [0.25, 0.3) is 5.91 Å². The van der Waals surface area contributed by atoms with E-state index < -0.39 is 6.04 Å². The van der Waals surface area contributed by atoms with Gasteiger partial charge in [-0.25, -0.2) is 0 Å². The number of hydrogen-bond acceptors (Lipinski definition) is 3. The van der Waals surface area contributed by atoms with E-state index in [9.17, 15) is 9.59 Å². The fraction of sp³-hybridized carbons (Fsp3) is 0.476. The van der Waals surface area contributed by atoms with Crippen LogP contribution in [0.4, 0.5) is 5.69 Å². The number of H-pyrrole nitrogens is 1. The zero-order valence-corrected chi connectivity index (χ0v) is 16.5. The van der Waals surface area contributed by atoms with E-state index in [-0.39, 0.29) is 30.3 Å². The van der Waals surface area contributed by atoms with E-state index >= 15 is 0 Å². The lowest BCUT2D eigenvalue weighted by Gasteiger charge is -2.30. The minimum absolute atomic E-state index is 0.00868. The Kier molecular flexibility index (Phi) is 4.34. The molecule has 1 unspecified atom stereocenters. The summed E-state index contributed by atoms with van der Waals surface area (Å²) in [6.07, 6.45) is 8.47. The average Bonchev–Trinajstić information content (AvgIpc) is 3.08. The number of carbonyl (C=O) groups is 2. The Morgan fingerprint density at radius 1 is 1.14 bits per heavy atom. The molecule has 1 aromatic carbocycles. The van der Waals surface area contributed by atoms with Gasteiger partial charge in [0.1, 0.15) is 6.04 Å². The number of aromatic amines is 1. The third kappa shape index (κ3) is 3.07. The van der Waals surface area contributed by atoms with Crippen LogP contribution in [0.25, 0.3) is 10.9 Å². The first-order valence-corrected chi connectivity index (χ1v) is 10.5. The van der Waals surface area contributed by atoms with Crippen LogP contribution in [0.5, 0.6) is 0 Å². The summed E-state index contributed by atoms with van der Waals surface area (Å²) in [4.78, 5) is 32.9. The molecule has 6 nitrogen and oxygen atoms in total. The van der Waals surface area contributed by atoms with E-state index in [1.165, 1.54) is 0 Å². The van der Waals surface area contributed by atoms with E-state index in [4.69, 9.17) is 12.2 Å². The summed E-state index contributed by atoms with van der Waals surface area (Å²) in [7, 11) is 0. The zero-order chi connectivity index (χ0) is 19.3. The second-order valence-corrected chi connectivity index (χ2v) is 8.48. The molecule has 1 atom stereocenters. The van der Waals surface area contributed by atoms with Gasteiger partial charge in [-0.05, 0) is 61.5 Å². The number of thiocarbonyl (C=S) groups is 1. The predicted molar refractivity (Wildman–Crippen MR) is 112 cm³/mol. The summed E-state index contributed by atoms with van der Waals surface area (Å²) >= 11 is 5.69. The highest BCUT2D eigenvalue weighted by atomic mass is 32.1. The Bertz CT molecular complexity index is 945. The molecule has 1 saturated heterocycles. The molecule has 7 heteroatoms. The Hall–Kier alpha value is -2.41. The normalized spacial score (nSPS) is 23.2. The number of anilines is 1. The molecule has 2 N–H and O–H groups in total. The van der Waals surface area contributed by atoms with Gasteiger partial charge in [-0.1, -0.05) is 18.9 Å². The summed E-state index contributed by atoms with van der Waals surface area (Å²) in [5.74, 6) is -0.137. The number of nitrogens with zero attached hydrogens (tertiary/aromatic N) is 2. The topological polar surface area (TPSA) is 68.4 Å². The van der Waals surface area contributed by atoms with Crippen LogP contribution in [0, 0.1) is 0 Å². The van der Waals surface area contributed by atoms with Gasteiger partial charge in [0.15, 0.2) is 5.11 Å². The molecule has 2 saturated carbocycles. The fourth-order valence-corrected chi connectivity index (χ4v) is 5.11. The maximum Gasteiger partial charge on any atom is 0.252 e. The highest BCUT2D eigenvalue weighted by Crippen LogP contribution is 2.37. The summed E-state index contributed by atoms with van der Waals surface area (Å²) in [6, 6.07) is 7.83. The van der Waals surface area contributed by atoms with Crippen LogP contribution < -0.4 is 5.32 Å². The molecule has 1 aromatic heterocycles. The Balaban J connectivity index is 1.34. The Morgan fingerprint density at radius 2 is 1.93 bits per heavy atom. The monoisotopic (exact) mass is 396 g/mol. The number of carbonyl (C=O) groups excluding carboxylic acids is 2. The van der Waals surface area contributed by atoms with E-state index in [0.717, 1.165) is 55.1 Å². The van der Waals surface area contributed by atoms with Crippen molar-refractivity contribution in [3.8, 4) is 0 Å². The number of fused-ring (bicyclic) bond motifs is 1. The molecule has 3 aliphatic rings. The molecule has 2 aliphatic carbocycles. The second kappa shape index (κ2) is 6.88. The van der Waals surface area contributed by atoms with Crippen LogP contribution in [0.1, 0.15) is 44.9 Å². The molecule has 2 heterocycles. The highest BCUT2D eigenvalue weighted by Gasteiger charge is 2.51. The van der Waals surface area contributed by atoms with E-state index in [1.807, 2.05) is 30.5 Å². The van der Waals surface area contributed by atoms with E-state index in [0.29, 0.717) is 5.11 Å². The van der Waals surface area contributed by atoms with Gasteiger partial charge in [0.05, 0.1) is 6.42 Å². The molecule has 1 aliphatic heterocycles. The van der Waals surface area contributed by atoms with E-state index in [1.54, 1.807) is 4.90 Å². The van der Waals surface area contributed by atoms with Crippen molar-refractivity contribution in [2.75, 3.05) is 5.32 Å². The number of nitrogens with one attached hydrogen (secondary N) is 2. The number of benzene rings is 1. The molecule has 146 valence electrons. The van der Waals surface area contributed by atoms with Crippen LogP contribution >= 0.6 is 12.2 Å². The lowest BCUT2D eigenvalue weighted by atomic mass is 10.1. The highest BCUT2D eigenvalue weighted by molar-refractivity contribution is 7.80. The van der Waals surface area contributed by atoms with Crippen LogP contribution in [-0.4, -0.2) is 49.8 Å². The number of amides is 2. The van der Waals surface area contributed by atoms with Crippen molar-refractivity contribution in [2.45, 2.75) is 63.1 Å². The van der Waals surface area contributed by atoms with Crippen LogP contribution in [-0.2, 0) is 9.59 Å². The van der Waals surface area contributed by atoms with Crippen molar-refractivity contribution >= 4 is 45.7 Å². The lowest BCUT2D eigenvalue weighted by molar-refractivity contribution is -0.131. The van der Waals surface area contributed by atoms with Crippen LogP contribution in [0.3, 0.4) is 0 Å². The SMILES string of the molecule is O=C(CC1C(=O)N(C2CC2)C(=S)N1C1CCCC1)Nc1ccc2cc[nH]c2c1. The first-order chi connectivity index (χ1) is 13.6. The molecule has 2 aromatic rings. The number of rotatable bonds is 5. The first-order valence-electron chi connectivity index (χ1n) is 10.1. The second-order valence-electron chi connectivity index (χ2n) is 8.12. The quantitative estimate of drug-likeness (QED) is 0.760. The molecule has 2 amide bonds. The van der Waals surface area contributed by atoms with Crippen molar-refractivity contribution in [3.63, 3.8) is 0 Å². The standard InChI is InChI=1S/C21H24N4O2S/c26-19(23-14-6-5-13-9-10-22-17(13)11-14)12-18-20(27)25(16-7-8-16)21(28)24(18)15-3-1-2-4-15/h5-6,9-11,15-16,18,22H,1-4,7-8,12H2,(H,23,26). The van der Waals surface area contributed by atoms with Gasteiger partial charge in [-0.2, -0.15) is 0 Å². The number of hydrogen-bond donors (Lipinski definition) is 2. The summed E-state index contributed by atoms with van der Waals surface area (Å²) in [5.41, 5.74) is 1.71. The van der Waals surface area contributed by atoms with Crippen molar-refractivity contribution in [1.29, 1.82) is 0 Å². The fourth-order valence-electron chi connectivity index (χ4n) is 4.59. The van der Waals surface area contributed by atoms with E-state index in [2.05, 4.69) is 15.2 Å². The summed E-state index contributed by atoms with van der Waals surface area (Å²) in [5, 5.41) is 4.70.